The van der Waals surface area contributed by atoms with Gasteiger partial charge in [-0.15, -0.1) is 0 Å². The van der Waals surface area contributed by atoms with Crippen LogP contribution in [0.2, 0.25) is 0 Å². The molecule has 1 aromatic carbocycles. The van der Waals surface area contributed by atoms with E-state index in [9.17, 15) is 19.2 Å². The van der Waals surface area contributed by atoms with E-state index >= 15 is 0 Å². The minimum Gasteiger partial charge on any atom is -0.468 e. The molecule has 0 radical (unpaired) electrons. The zero-order valence-electron chi connectivity index (χ0n) is 22.3. The largest absolute Gasteiger partial charge is 0.468 e. The van der Waals surface area contributed by atoms with Crippen LogP contribution in [0.25, 0.3) is 0 Å². The van der Waals surface area contributed by atoms with Gasteiger partial charge in [0.05, 0.1) is 7.11 Å². The molecular weight excluding hydrogens is 450 g/mol. The van der Waals surface area contributed by atoms with Gasteiger partial charge in [0.2, 0.25) is 11.8 Å². The lowest BCUT2D eigenvalue weighted by Gasteiger charge is -2.34. The second-order valence-electron chi connectivity index (χ2n) is 9.74. The Hall–Kier alpha value is -3.10. The van der Waals surface area contributed by atoms with Gasteiger partial charge in [-0.3, -0.25) is 14.4 Å². The molecule has 2 N–H and O–H groups in total. The monoisotopic (exact) mass is 491 g/mol. The van der Waals surface area contributed by atoms with Gasteiger partial charge in [-0.25, -0.2) is 4.79 Å². The van der Waals surface area contributed by atoms with Gasteiger partial charge in [0, 0.05) is 6.54 Å². The molecule has 9 nitrogen and oxygen atoms in total. The van der Waals surface area contributed by atoms with Crippen molar-refractivity contribution in [3.63, 3.8) is 0 Å². The van der Waals surface area contributed by atoms with E-state index in [2.05, 4.69) is 15.4 Å². The number of esters is 1. The number of carbonyl (C=O) groups excluding carboxylic acids is 4. The van der Waals surface area contributed by atoms with Crippen LogP contribution in [0.1, 0.15) is 72.1 Å². The maximum Gasteiger partial charge on any atom is 0.408 e. The highest BCUT2D eigenvalue weighted by molar-refractivity contribution is 5.93. The number of likely N-dealkylation sites (N-methyl/N-ethyl adjacent to an activating group) is 1. The van der Waals surface area contributed by atoms with Crippen LogP contribution in [-0.4, -0.2) is 60.6 Å². The Morgan fingerprint density at radius 2 is 1.63 bits per heavy atom. The average Bonchev–Trinajstić information content (AvgIpc) is 2.78. The van der Waals surface area contributed by atoms with E-state index < -0.39 is 41.6 Å². The Balaban J connectivity index is 3.34. The van der Waals surface area contributed by atoms with Gasteiger partial charge in [0.15, 0.2) is 0 Å². The maximum atomic E-state index is 13.7. The van der Waals surface area contributed by atoms with Gasteiger partial charge in [-0.2, -0.15) is 0 Å². The van der Waals surface area contributed by atoms with Gasteiger partial charge < -0.3 is 25.0 Å². The zero-order valence-corrected chi connectivity index (χ0v) is 22.3. The number of alkyl carbamates (subject to hydrolysis) is 1. The van der Waals surface area contributed by atoms with Crippen LogP contribution in [0.15, 0.2) is 24.3 Å². The Bertz CT molecular complexity index is 861. The van der Waals surface area contributed by atoms with E-state index in [0.717, 1.165) is 12.0 Å². The van der Waals surface area contributed by atoms with Gasteiger partial charge in [-0.1, -0.05) is 45.0 Å². The molecule has 196 valence electrons. The summed E-state index contributed by atoms with van der Waals surface area (Å²) in [6.45, 7) is 12.8. The van der Waals surface area contributed by atoms with Crippen molar-refractivity contribution in [2.75, 3.05) is 20.2 Å². The van der Waals surface area contributed by atoms with Crippen molar-refractivity contribution >= 4 is 23.9 Å². The molecule has 2 atom stereocenters. The SMILES string of the molecule is CCc1ccc(C(C(=O)NCC(=O)OC)N(CC)C(=O)C(CC(C)C)NC(=O)OC(C)(C)C)cc1. The Kier molecular flexibility index (Phi) is 11.7. The number of hydrogen-bond acceptors (Lipinski definition) is 6. The van der Waals surface area contributed by atoms with Crippen molar-refractivity contribution in [2.45, 2.75) is 79.0 Å². The van der Waals surface area contributed by atoms with Crippen LogP contribution in [0, 0.1) is 5.92 Å². The standard InChI is InChI=1S/C26H41N3O6/c1-9-18-11-13-19(14-12-18)22(23(31)27-16-21(30)34-8)29(10-2)24(32)20(15-17(3)4)28-25(33)35-26(5,6)7/h11-14,17,20,22H,9-10,15-16H2,1-8H3,(H,27,31)(H,28,33). The quantitative estimate of drug-likeness (QED) is 0.459. The lowest BCUT2D eigenvalue weighted by Crippen LogP contribution is -2.53. The number of hydrogen-bond donors (Lipinski definition) is 2. The third-order valence-electron chi connectivity index (χ3n) is 5.22. The molecule has 0 aliphatic carbocycles. The molecule has 0 saturated heterocycles. The van der Waals surface area contributed by atoms with E-state index in [-0.39, 0.29) is 19.0 Å². The van der Waals surface area contributed by atoms with E-state index in [4.69, 9.17) is 4.74 Å². The first-order chi connectivity index (χ1) is 16.3. The third kappa shape index (κ3) is 9.96. The fourth-order valence-corrected chi connectivity index (χ4v) is 3.55. The summed E-state index contributed by atoms with van der Waals surface area (Å²) in [7, 11) is 1.23. The molecule has 0 aliphatic heterocycles. The predicted octanol–water partition coefficient (Wildman–Crippen LogP) is 3.37. The van der Waals surface area contributed by atoms with Gasteiger partial charge in [0.25, 0.3) is 0 Å². The minimum absolute atomic E-state index is 0.0908. The summed E-state index contributed by atoms with van der Waals surface area (Å²) in [5, 5.41) is 5.25. The number of ether oxygens (including phenoxy) is 2. The van der Waals surface area contributed by atoms with Crippen LogP contribution in [0.5, 0.6) is 0 Å². The van der Waals surface area contributed by atoms with Crippen LogP contribution in [0.4, 0.5) is 4.79 Å². The Morgan fingerprint density at radius 1 is 1.03 bits per heavy atom. The van der Waals surface area contributed by atoms with Crippen molar-refractivity contribution in [3.05, 3.63) is 35.4 Å². The summed E-state index contributed by atoms with van der Waals surface area (Å²) in [5.74, 6) is -1.44. The van der Waals surface area contributed by atoms with E-state index in [0.29, 0.717) is 12.0 Å². The fourth-order valence-electron chi connectivity index (χ4n) is 3.55. The first-order valence-electron chi connectivity index (χ1n) is 12.1. The number of amides is 3. The van der Waals surface area contributed by atoms with Gasteiger partial charge >= 0.3 is 12.1 Å². The summed E-state index contributed by atoms with van der Waals surface area (Å²) < 4.78 is 9.98. The maximum absolute atomic E-state index is 13.7. The van der Waals surface area contributed by atoms with Crippen LogP contribution in [-0.2, 0) is 30.3 Å². The number of aryl methyl sites for hydroxylation is 1. The molecule has 0 aromatic heterocycles. The molecule has 0 aliphatic rings. The zero-order chi connectivity index (χ0) is 26.8. The smallest absolute Gasteiger partial charge is 0.408 e. The van der Waals surface area contributed by atoms with E-state index in [1.165, 1.54) is 12.0 Å². The normalized spacial score (nSPS) is 12.9. The topological polar surface area (TPSA) is 114 Å². The lowest BCUT2D eigenvalue weighted by molar-refractivity contribution is -0.144. The molecule has 35 heavy (non-hydrogen) atoms. The third-order valence-corrected chi connectivity index (χ3v) is 5.22. The van der Waals surface area contributed by atoms with Gasteiger partial charge in [-0.05, 0) is 57.6 Å². The second kappa shape index (κ2) is 13.7. The summed E-state index contributed by atoms with van der Waals surface area (Å²) in [5.41, 5.74) is 0.957. The first kappa shape index (κ1) is 29.9. The van der Waals surface area contributed by atoms with Crippen LogP contribution in [0.3, 0.4) is 0 Å². The van der Waals surface area contributed by atoms with Crippen LogP contribution >= 0.6 is 0 Å². The number of nitrogens with zero attached hydrogens (tertiary/aromatic N) is 1. The summed E-state index contributed by atoms with van der Waals surface area (Å²) in [6.07, 6.45) is 0.484. The van der Waals surface area contributed by atoms with E-state index in [1.54, 1.807) is 39.8 Å². The average molecular weight is 492 g/mol. The molecule has 0 saturated carbocycles. The highest BCUT2D eigenvalue weighted by atomic mass is 16.6. The van der Waals surface area contributed by atoms with Crippen molar-refractivity contribution in [1.82, 2.24) is 15.5 Å². The molecule has 3 amide bonds. The number of methoxy groups -OCH3 is 1. The second-order valence-corrected chi connectivity index (χ2v) is 9.74. The molecule has 1 aromatic rings. The first-order valence-corrected chi connectivity index (χ1v) is 12.1. The minimum atomic E-state index is -1.00. The predicted molar refractivity (Wildman–Crippen MR) is 134 cm³/mol. The Morgan fingerprint density at radius 3 is 2.09 bits per heavy atom. The van der Waals surface area contributed by atoms with Crippen molar-refractivity contribution in [2.24, 2.45) is 5.92 Å². The summed E-state index contributed by atoms with van der Waals surface area (Å²) in [6, 6.07) is 5.51. The molecule has 0 fully saturated rings. The molecule has 9 heteroatoms. The summed E-state index contributed by atoms with van der Waals surface area (Å²) in [4.78, 5) is 52.5. The highest BCUT2D eigenvalue weighted by Gasteiger charge is 2.35. The fraction of sp³-hybridized carbons (Fsp3) is 0.615. The lowest BCUT2D eigenvalue weighted by atomic mass is 9.98. The van der Waals surface area contributed by atoms with Crippen molar-refractivity contribution < 1.29 is 28.7 Å². The Labute approximate surface area is 208 Å². The van der Waals surface area contributed by atoms with E-state index in [1.807, 2.05) is 32.9 Å². The molecule has 0 bridgehead atoms. The molecule has 0 heterocycles. The number of benzene rings is 1. The molecular formula is C26H41N3O6. The molecule has 2 unspecified atom stereocenters. The molecule has 0 spiro atoms. The molecule has 1 rings (SSSR count). The van der Waals surface area contributed by atoms with Crippen LogP contribution < -0.4 is 10.6 Å². The van der Waals surface area contributed by atoms with Crippen molar-refractivity contribution in [3.8, 4) is 0 Å². The number of carbonyl (C=O) groups is 4. The number of nitrogens with one attached hydrogen (secondary N) is 2. The highest BCUT2D eigenvalue weighted by Crippen LogP contribution is 2.24. The van der Waals surface area contributed by atoms with Crippen molar-refractivity contribution in [1.29, 1.82) is 0 Å². The van der Waals surface area contributed by atoms with Gasteiger partial charge in [0.1, 0.15) is 24.2 Å². The number of rotatable bonds is 11. The summed E-state index contributed by atoms with van der Waals surface area (Å²) >= 11 is 0.